The largest absolute Gasteiger partial charge is 0.322 e. The summed E-state index contributed by atoms with van der Waals surface area (Å²) in [6.07, 6.45) is 1.10. The van der Waals surface area contributed by atoms with Crippen LogP contribution < -0.4 is 10.0 Å². The molecular weight excluding hydrogens is 359 g/mol. The zero-order chi connectivity index (χ0) is 18.7. The van der Waals surface area contributed by atoms with E-state index < -0.39 is 21.7 Å². The van der Waals surface area contributed by atoms with E-state index in [1.807, 2.05) is 0 Å². The Labute approximate surface area is 149 Å². The van der Waals surface area contributed by atoms with Crippen molar-refractivity contribution in [1.29, 1.82) is 0 Å². The summed E-state index contributed by atoms with van der Waals surface area (Å²) in [6.45, 7) is 1.59. The number of halogens is 1. The summed E-state index contributed by atoms with van der Waals surface area (Å²) in [7, 11) is -4.06. The van der Waals surface area contributed by atoms with Crippen LogP contribution in [0.15, 0.2) is 59.8 Å². The number of amides is 1. The average molecular weight is 374 g/mol. The fourth-order valence-corrected chi connectivity index (χ4v) is 3.38. The Morgan fingerprint density at radius 1 is 1.12 bits per heavy atom. The summed E-state index contributed by atoms with van der Waals surface area (Å²) >= 11 is 0. The summed E-state index contributed by atoms with van der Waals surface area (Å²) in [5.41, 5.74) is 0.795. The molecule has 3 aromatic rings. The average Bonchev–Trinajstić information content (AvgIpc) is 3.10. The molecule has 0 radical (unpaired) electrons. The lowest BCUT2D eigenvalue weighted by atomic mass is 10.2. The zero-order valence-electron chi connectivity index (χ0n) is 13.7. The van der Waals surface area contributed by atoms with Crippen molar-refractivity contribution in [3.8, 4) is 0 Å². The molecule has 0 aliphatic carbocycles. The number of hydrogen-bond donors (Lipinski definition) is 3. The number of anilines is 2. The van der Waals surface area contributed by atoms with E-state index in [2.05, 4.69) is 20.2 Å². The van der Waals surface area contributed by atoms with Gasteiger partial charge < -0.3 is 5.32 Å². The highest BCUT2D eigenvalue weighted by molar-refractivity contribution is 7.92. The standard InChI is InChI=1S/C17H15FN4O3S/c1-11-7-8-13(9-15(11)18)20-16(23)14-10-19-21-17(14)26(24,25)22-12-5-3-2-4-6-12/h2-10,22H,1H3,(H,19,21)(H,20,23). The molecule has 0 unspecified atom stereocenters. The van der Waals surface area contributed by atoms with Crippen LogP contribution in [0.5, 0.6) is 0 Å². The van der Waals surface area contributed by atoms with Gasteiger partial charge in [0, 0.05) is 11.4 Å². The van der Waals surface area contributed by atoms with Gasteiger partial charge in [-0.15, -0.1) is 0 Å². The van der Waals surface area contributed by atoms with Crippen molar-refractivity contribution in [3.05, 3.63) is 71.7 Å². The number of rotatable bonds is 5. The van der Waals surface area contributed by atoms with Gasteiger partial charge in [0.25, 0.3) is 15.9 Å². The number of carbonyl (C=O) groups excluding carboxylic acids is 1. The minimum atomic E-state index is -4.06. The molecule has 1 aromatic heterocycles. The second-order valence-corrected chi connectivity index (χ2v) is 7.12. The molecule has 3 N–H and O–H groups in total. The van der Waals surface area contributed by atoms with Gasteiger partial charge >= 0.3 is 0 Å². The molecule has 134 valence electrons. The van der Waals surface area contributed by atoms with Gasteiger partial charge in [-0.3, -0.25) is 14.6 Å². The van der Waals surface area contributed by atoms with Gasteiger partial charge in [0.2, 0.25) is 0 Å². The van der Waals surface area contributed by atoms with Gasteiger partial charge in [-0.1, -0.05) is 24.3 Å². The summed E-state index contributed by atoms with van der Waals surface area (Å²) in [5, 5.41) is 8.04. The van der Waals surface area contributed by atoms with E-state index in [1.54, 1.807) is 37.3 Å². The smallest absolute Gasteiger partial charge is 0.279 e. The Balaban J connectivity index is 1.85. The van der Waals surface area contributed by atoms with Crippen molar-refractivity contribution in [2.45, 2.75) is 11.9 Å². The number of aryl methyl sites for hydroxylation is 1. The molecule has 0 fully saturated rings. The molecule has 0 atom stereocenters. The van der Waals surface area contributed by atoms with Crippen molar-refractivity contribution in [2.75, 3.05) is 10.0 Å². The number of H-pyrrole nitrogens is 1. The van der Waals surface area contributed by atoms with E-state index in [9.17, 15) is 17.6 Å². The number of carbonyl (C=O) groups is 1. The molecule has 1 heterocycles. The Hall–Kier alpha value is -3.20. The van der Waals surface area contributed by atoms with Gasteiger partial charge in [-0.2, -0.15) is 13.5 Å². The maximum Gasteiger partial charge on any atom is 0.279 e. The molecule has 3 rings (SSSR count). The van der Waals surface area contributed by atoms with Crippen molar-refractivity contribution in [1.82, 2.24) is 10.2 Å². The van der Waals surface area contributed by atoms with Crippen LogP contribution in [0.25, 0.3) is 0 Å². The van der Waals surface area contributed by atoms with Crippen molar-refractivity contribution in [2.24, 2.45) is 0 Å². The van der Waals surface area contributed by atoms with Crippen LogP contribution in [0.1, 0.15) is 15.9 Å². The van der Waals surface area contributed by atoms with Crippen molar-refractivity contribution < 1.29 is 17.6 Å². The number of para-hydroxylation sites is 1. The van der Waals surface area contributed by atoms with E-state index in [-0.39, 0.29) is 16.3 Å². The lowest BCUT2D eigenvalue weighted by molar-refractivity contribution is 0.102. The Bertz CT molecular complexity index is 1050. The summed E-state index contributed by atoms with van der Waals surface area (Å²) in [4.78, 5) is 12.4. The molecule has 0 aliphatic rings. The normalized spacial score (nSPS) is 11.2. The SMILES string of the molecule is Cc1ccc(NC(=O)c2cn[nH]c2S(=O)(=O)Nc2ccccc2)cc1F. The minimum absolute atomic E-state index is 0.186. The molecule has 7 nitrogen and oxygen atoms in total. The van der Waals surface area contributed by atoms with Gasteiger partial charge in [-0.25, -0.2) is 4.39 Å². The van der Waals surface area contributed by atoms with E-state index in [0.717, 1.165) is 12.3 Å². The molecular formula is C17H15FN4O3S. The molecule has 26 heavy (non-hydrogen) atoms. The van der Waals surface area contributed by atoms with Crippen LogP contribution in [0.2, 0.25) is 0 Å². The summed E-state index contributed by atoms with van der Waals surface area (Å²) in [5.74, 6) is -1.20. The maximum absolute atomic E-state index is 13.6. The van der Waals surface area contributed by atoms with E-state index in [1.165, 1.54) is 12.1 Å². The fraction of sp³-hybridized carbons (Fsp3) is 0.0588. The second kappa shape index (κ2) is 6.96. The maximum atomic E-state index is 13.6. The first-order valence-corrected chi connectivity index (χ1v) is 9.04. The van der Waals surface area contributed by atoms with Gasteiger partial charge in [0.1, 0.15) is 5.82 Å². The van der Waals surface area contributed by atoms with Crippen molar-refractivity contribution in [3.63, 3.8) is 0 Å². The number of aromatic amines is 1. The van der Waals surface area contributed by atoms with Gasteiger partial charge in [0.15, 0.2) is 5.03 Å². The Morgan fingerprint density at radius 2 is 1.85 bits per heavy atom. The summed E-state index contributed by atoms with van der Waals surface area (Å²) < 4.78 is 41.0. The topological polar surface area (TPSA) is 104 Å². The fourth-order valence-electron chi connectivity index (χ4n) is 2.22. The van der Waals surface area contributed by atoms with E-state index in [0.29, 0.717) is 11.3 Å². The Kier molecular flexibility index (Phi) is 4.72. The second-order valence-electron chi connectivity index (χ2n) is 5.50. The lowest BCUT2D eigenvalue weighted by Gasteiger charge is -2.09. The first-order chi connectivity index (χ1) is 12.4. The number of nitrogens with one attached hydrogen (secondary N) is 3. The van der Waals surface area contributed by atoms with E-state index >= 15 is 0 Å². The number of benzene rings is 2. The van der Waals surface area contributed by atoms with Crippen LogP contribution in [-0.2, 0) is 10.0 Å². The van der Waals surface area contributed by atoms with Crippen molar-refractivity contribution >= 4 is 27.3 Å². The zero-order valence-corrected chi connectivity index (χ0v) is 14.5. The van der Waals surface area contributed by atoms with Crippen LogP contribution >= 0.6 is 0 Å². The molecule has 0 saturated carbocycles. The highest BCUT2D eigenvalue weighted by Crippen LogP contribution is 2.19. The van der Waals surface area contributed by atoms with Gasteiger partial charge in [0.05, 0.1) is 11.8 Å². The van der Waals surface area contributed by atoms with Crippen LogP contribution in [0, 0.1) is 12.7 Å². The van der Waals surface area contributed by atoms with Crippen LogP contribution in [0.4, 0.5) is 15.8 Å². The molecule has 0 saturated heterocycles. The minimum Gasteiger partial charge on any atom is -0.322 e. The molecule has 0 bridgehead atoms. The third-order valence-corrected chi connectivity index (χ3v) is 4.93. The first-order valence-electron chi connectivity index (χ1n) is 7.55. The number of aromatic nitrogens is 2. The predicted molar refractivity (Wildman–Crippen MR) is 94.9 cm³/mol. The quantitative estimate of drug-likeness (QED) is 0.639. The van der Waals surface area contributed by atoms with Crippen LogP contribution in [0.3, 0.4) is 0 Å². The molecule has 0 spiro atoms. The third-order valence-electron chi connectivity index (χ3n) is 3.57. The molecule has 1 amide bonds. The third kappa shape index (κ3) is 3.72. The monoisotopic (exact) mass is 374 g/mol. The number of hydrogen-bond acceptors (Lipinski definition) is 4. The summed E-state index contributed by atoms with van der Waals surface area (Å²) in [6, 6.07) is 12.4. The molecule has 2 aromatic carbocycles. The molecule has 0 aliphatic heterocycles. The first kappa shape index (κ1) is 17.6. The Morgan fingerprint density at radius 3 is 2.54 bits per heavy atom. The number of nitrogens with zero attached hydrogens (tertiary/aromatic N) is 1. The highest BCUT2D eigenvalue weighted by Gasteiger charge is 2.25. The molecule has 9 heteroatoms. The van der Waals surface area contributed by atoms with E-state index in [4.69, 9.17) is 0 Å². The van der Waals surface area contributed by atoms with Gasteiger partial charge in [-0.05, 0) is 36.8 Å². The van der Waals surface area contributed by atoms with Crippen LogP contribution in [-0.4, -0.2) is 24.5 Å². The predicted octanol–water partition coefficient (Wildman–Crippen LogP) is 2.91. The number of sulfonamides is 1. The highest BCUT2D eigenvalue weighted by atomic mass is 32.2. The lowest BCUT2D eigenvalue weighted by Crippen LogP contribution is -2.19.